The Hall–Kier alpha value is -2.83. The first-order valence-corrected chi connectivity index (χ1v) is 9.35. The second-order valence-electron chi connectivity index (χ2n) is 7.19. The summed E-state index contributed by atoms with van der Waals surface area (Å²) in [7, 11) is 0. The van der Waals surface area contributed by atoms with Gasteiger partial charge in [-0.3, -0.25) is 10.0 Å². The molecule has 2 aromatic rings. The molecule has 1 aliphatic rings. The van der Waals surface area contributed by atoms with Crippen LogP contribution in [0, 0.1) is 0 Å². The smallest absolute Gasteiger partial charge is 0.271 e. The molecule has 3 rings (SSSR count). The van der Waals surface area contributed by atoms with Gasteiger partial charge in [0.25, 0.3) is 5.91 Å². The second kappa shape index (κ2) is 8.46. The summed E-state index contributed by atoms with van der Waals surface area (Å²) in [4.78, 5) is 11.5. The number of aliphatic hydroxyl groups is 1. The zero-order valence-electron chi connectivity index (χ0n) is 16.2. The van der Waals surface area contributed by atoms with Gasteiger partial charge in [0.05, 0.1) is 13.2 Å². The molecule has 1 heterocycles. The number of benzene rings is 2. The third-order valence-electron chi connectivity index (χ3n) is 5.06. The fourth-order valence-corrected chi connectivity index (χ4v) is 3.41. The topological polar surface area (TPSA) is 90.8 Å². The summed E-state index contributed by atoms with van der Waals surface area (Å²) in [5.74, 6) is 0.611. The number of hydroxylamine groups is 1. The Labute approximate surface area is 164 Å². The van der Waals surface area contributed by atoms with Gasteiger partial charge in [0.2, 0.25) is 0 Å². The van der Waals surface area contributed by atoms with Crippen molar-refractivity contribution < 1.29 is 19.8 Å². The van der Waals surface area contributed by atoms with Gasteiger partial charge in [-0.15, -0.1) is 0 Å². The standard InChI is InChI=1S/C22H26N2O4/c1-13(2)15-4-6-16(7-5-15)18-10-20(23-11-14(3)22(26)24-27)19(12-25)17-8-9-28-21(17)18/h4-7,10,13,23,25,27H,3,8-9,11-12H2,1-2H3,(H,24,26). The third kappa shape index (κ3) is 3.88. The van der Waals surface area contributed by atoms with Crippen LogP contribution >= 0.6 is 0 Å². The van der Waals surface area contributed by atoms with Gasteiger partial charge >= 0.3 is 0 Å². The number of anilines is 1. The number of carbonyl (C=O) groups is 1. The average Bonchev–Trinajstić information content (AvgIpc) is 3.20. The molecule has 0 unspecified atom stereocenters. The van der Waals surface area contributed by atoms with E-state index in [9.17, 15) is 9.90 Å². The Balaban J connectivity index is 2.00. The van der Waals surface area contributed by atoms with E-state index in [1.807, 2.05) is 6.07 Å². The van der Waals surface area contributed by atoms with Gasteiger partial charge in [0, 0.05) is 40.9 Å². The summed E-state index contributed by atoms with van der Waals surface area (Å²) in [6, 6.07) is 10.3. The fraction of sp³-hybridized carbons (Fsp3) is 0.318. The van der Waals surface area contributed by atoms with Crippen LogP contribution in [-0.4, -0.2) is 29.4 Å². The number of nitrogens with one attached hydrogen (secondary N) is 2. The molecule has 0 aromatic heterocycles. The van der Waals surface area contributed by atoms with Crippen molar-refractivity contribution in [3.8, 4) is 16.9 Å². The normalized spacial score (nSPS) is 12.5. The quantitative estimate of drug-likeness (QED) is 0.335. The van der Waals surface area contributed by atoms with Crippen molar-refractivity contribution in [3.63, 3.8) is 0 Å². The first-order chi connectivity index (χ1) is 13.5. The number of hydrogen-bond acceptors (Lipinski definition) is 5. The molecule has 0 fully saturated rings. The van der Waals surface area contributed by atoms with Crippen LogP contribution in [0.1, 0.15) is 36.5 Å². The van der Waals surface area contributed by atoms with E-state index in [1.54, 1.807) is 5.48 Å². The molecule has 0 aliphatic carbocycles. The number of carbonyl (C=O) groups excluding carboxylic acids is 1. The summed E-state index contributed by atoms with van der Waals surface area (Å²) < 4.78 is 5.89. The van der Waals surface area contributed by atoms with Gasteiger partial charge < -0.3 is 15.2 Å². The van der Waals surface area contributed by atoms with Crippen LogP contribution in [0.4, 0.5) is 5.69 Å². The molecular formula is C22H26N2O4. The van der Waals surface area contributed by atoms with E-state index < -0.39 is 5.91 Å². The number of rotatable bonds is 7. The van der Waals surface area contributed by atoms with E-state index in [2.05, 4.69) is 50.0 Å². The molecule has 0 saturated carbocycles. The summed E-state index contributed by atoms with van der Waals surface area (Å²) in [6.45, 7) is 8.54. The maximum Gasteiger partial charge on any atom is 0.271 e. The second-order valence-corrected chi connectivity index (χ2v) is 7.19. The maximum atomic E-state index is 11.5. The molecular weight excluding hydrogens is 356 g/mol. The van der Waals surface area contributed by atoms with Crippen LogP contribution in [0.3, 0.4) is 0 Å². The highest BCUT2D eigenvalue weighted by molar-refractivity contribution is 5.93. The van der Waals surface area contributed by atoms with Gasteiger partial charge in [0.1, 0.15) is 5.75 Å². The Morgan fingerprint density at radius 3 is 2.61 bits per heavy atom. The molecule has 6 heteroatoms. The van der Waals surface area contributed by atoms with E-state index in [-0.39, 0.29) is 18.7 Å². The monoisotopic (exact) mass is 382 g/mol. The van der Waals surface area contributed by atoms with Crippen molar-refractivity contribution in [2.45, 2.75) is 32.8 Å². The molecule has 0 bridgehead atoms. The van der Waals surface area contributed by atoms with E-state index >= 15 is 0 Å². The largest absolute Gasteiger partial charge is 0.492 e. The maximum absolute atomic E-state index is 11.5. The SMILES string of the molecule is C=C(CNc1cc(-c2ccc(C(C)C)cc2)c2c(c1CO)CCO2)C(=O)NO. The van der Waals surface area contributed by atoms with E-state index in [0.29, 0.717) is 12.5 Å². The van der Waals surface area contributed by atoms with Gasteiger partial charge in [-0.05, 0) is 23.1 Å². The van der Waals surface area contributed by atoms with Crippen molar-refractivity contribution in [2.24, 2.45) is 0 Å². The Morgan fingerprint density at radius 2 is 2.00 bits per heavy atom. The van der Waals surface area contributed by atoms with Gasteiger partial charge in [-0.25, -0.2) is 5.48 Å². The van der Waals surface area contributed by atoms with Crippen molar-refractivity contribution >= 4 is 11.6 Å². The first-order valence-electron chi connectivity index (χ1n) is 9.35. The lowest BCUT2D eigenvalue weighted by Gasteiger charge is -2.18. The predicted molar refractivity (Wildman–Crippen MR) is 109 cm³/mol. The molecule has 28 heavy (non-hydrogen) atoms. The van der Waals surface area contributed by atoms with Crippen LogP contribution in [0.15, 0.2) is 42.5 Å². The lowest BCUT2D eigenvalue weighted by molar-refractivity contribution is -0.125. The molecule has 0 atom stereocenters. The van der Waals surface area contributed by atoms with E-state index in [0.717, 1.165) is 40.1 Å². The van der Waals surface area contributed by atoms with Gasteiger partial charge in [0.15, 0.2) is 0 Å². The van der Waals surface area contributed by atoms with Crippen molar-refractivity contribution in [1.29, 1.82) is 0 Å². The van der Waals surface area contributed by atoms with Crippen LogP contribution in [0.25, 0.3) is 11.1 Å². The molecule has 0 spiro atoms. The number of amides is 1. The molecule has 148 valence electrons. The summed E-state index contributed by atoms with van der Waals surface area (Å²) in [6.07, 6.45) is 0.718. The molecule has 6 nitrogen and oxygen atoms in total. The number of aliphatic hydroxyl groups excluding tert-OH is 1. The molecule has 0 radical (unpaired) electrons. The highest BCUT2D eigenvalue weighted by Gasteiger charge is 2.24. The van der Waals surface area contributed by atoms with Crippen LogP contribution in [0.2, 0.25) is 0 Å². The van der Waals surface area contributed by atoms with Crippen LogP contribution in [-0.2, 0) is 17.8 Å². The lowest BCUT2D eigenvalue weighted by atomic mass is 9.93. The third-order valence-corrected chi connectivity index (χ3v) is 5.06. The summed E-state index contributed by atoms with van der Waals surface area (Å²) in [5.41, 5.74) is 7.46. The fourth-order valence-electron chi connectivity index (χ4n) is 3.41. The first kappa shape index (κ1) is 19.9. The Morgan fingerprint density at radius 1 is 1.29 bits per heavy atom. The van der Waals surface area contributed by atoms with Gasteiger partial charge in [-0.2, -0.15) is 0 Å². The molecule has 1 amide bonds. The molecule has 2 aromatic carbocycles. The number of hydrogen-bond donors (Lipinski definition) is 4. The summed E-state index contributed by atoms with van der Waals surface area (Å²) >= 11 is 0. The zero-order valence-corrected chi connectivity index (χ0v) is 16.2. The minimum Gasteiger partial charge on any atom is -0.492 e. The Kier molecular flexibility index (Phi) is 6.02. The molecule has 0 saturated heterocycles. The molecule has 1 aliphatic heterocycles. The predicted octanol–water partition coefficient (Wildman–Crippen LogP) is 3.38. The van der Waals surface area contributed by atoms with Gasteiger partial charge in [-0.1, -0.05) is 44.7 Å². The zero-order chi connectivity index (χ0) is 20.3. The van der Waals surface area contributed by atoms with Crippen LogP contribution in [0.5, 0.6) is 5.75 Å². The van der Waals surface area contributed by atoms with Crippen molar-refractivity contribution in [3.05, 3.63) is 59.2 Å². The Bertz CT molecular complexity index is 888. The summed E-state index contributed by atoms with van der Waals surface area (Å²) in [5, 5.41) is 21.8. The highest BCUT2D eigenvalue weighted by Crippen LogP contribution is 2.42. The number of fused-ring (bicyclic) bond motifs is 1. The van der Waals surface area contributed by atoms with Crippen molar-refractivity contribution in [2.75, 3.05) is 18.5 Å². The van der Waals surface area contributed by atoms with Crippen LogP contribution < -0.4 is 15.5 Å². The average molecular weight is 382 g/mol. The van der Waals surface area contributed by atoms with Crippen molar-refractivity contribution in [1.82, 2.24) is 5.48 Å². The highest BCUT2D eigenvalue weighted by atomic mass is 16.5. The van der Waals surface area contributed by atoms with E-state index in [1.165, 1.54) is 5.56 Å². The minimum atomic E-state index is -0.646. The lowest BCUT2D eigenvalue weighted by Crippen LogP contribution is -2.24. The molecule has 4 N–H and O–H groups in total. The number of ether oxygens (including phenoxy) is 1. The van der Waals surface area contributed by atoms with E-state index in [4.69, 9.17) is 9.94 Å². The minimum absolute atomic E-state index is 0.140.